The van der Waals surface area contributed by atoms with Gasteiger partial charge in [0.2, 0.25) is 5.91 Å². The average molecular weight is 346 g/mol. The van der Waals surface area contributed by atoms with Crippen LogP contribution in [0.2, 0.25) is 0 Å². The molecule has 25 heavy (non-hydrogen) atoms. The first-order chi connectivity index (χ1) is 12.0. The number of benzene rings is 1. The first-order valence-electron chi connectivity index (χ1n) is 9.34. The van der Waals surface area contributed by atoms with Gasteiger partial charge in [-0.15, -0.1) is 0 Å². The predicted octanol–water partition coefficient (Wildman–Crippen LogP) is 2.65. The molecule has 5 heteroatoms. The fraction of sp³-hybridized carbons (Fsp3) is 0.650. The molecule has 2 atom stereocenters. The molecule has 0 spiro atoms. The van der Waals surface area contributed by atoms with E-state index in [0.717, 1.165) is 42.9 Å². The minimum absolute atomic E-state index is 0.0566. The summed E-state index contributed by atoms with van der Waals surface area (Å²) in [6.07, 6.45) is 1.93. The summed E-state index contributed by atoms with van der Waals surface area (Å²) in [4.78, 5) is 12.9. The van der Waals surface area contributed by atoms with Crippen LogP contribution >= 0.6 is 0 Å². The maximum atomic E-state index is 12.9. The number of carbonyl (C=O) groups is 1. The molecule has 0 aliphatic carbocycles. The highest BCUT2D eigenvalue weighted by Crippen LogP contribution is 2.36. The Balaban J connectivity index is 1.67. The van der Waals surface area contributed by atoms with Gasteiger partial charge in [-0.25, -0.2) is 0 Å². The number of amides is 1. The summed E-state index contributed by atoms with van der Waals surface area (Å²) in [7, 11) is 0. The lowest BCUT2D eigenvalue weighted by atomic mass is 9.98. The molecule has 0 saturated carbocycles. The van der Waals surface area contributed by atoms with Crippen molar-refractivity contribution in [3.63, 3.8) is 0 Å². The van der Waals surface area contributed by atoms with Gasteiger partial charge >= 0.3 is 0 Å². The molecule has 138 valence electrons. The second-order valence-electron chi connectivity index (χ2n) is 7.57. The fourth-order valence-electron chi connectivity index (χ4n) is 3.60. The second-order valence-corrected chi connectivity index (χ2v) is 7.57. The van der Waals surface area contributed by atoms with Crippen molar-refractivity contribution in [2.24, 2.45) is 5.92 Å². The molecule has 2 heterocycles. The third kappa shape index (κ3) is 3.98. The fourth-order valence-corrected chi connectivity index (χ4v) is 3.60. The number of hydrogen-bond acceptors (Lipinski definition) is 4. The molecule has 5 nitrogen and oxygen atoms in total. The van der Waals surface area contributed by atoms with Crippen molar-refractivity contribution < 1.29 is 14.3 Å². The molecule has 2 aliphatic rings. The van der Waals surface area contributed by atoms with Crippen molar-refractivity contribution >= 4 is 5.91 Å². The molecule has 1 aromatic carbocycles. The number of hydrogen-bond donors (Lipinski definition) is 2. The molecule has 0 unspecified atom stereocenters. The van der Waals surface area contributed by atoms with Crippen LogP contribution in [0.1, 0.15) is 49.4 Å². The molecule has 2 N–H and O–H groups in total. The zero-order chi connectivity index (χ0) is 18.0. The summed E-state index contributed by atoms with van der Waals surface area (Å²) >= 11 is 0. The average Bonchev–Trinajstić information content (AvgIpc) is 3.00. The van der Waals surface area contributed by atoms with Crippen LogP contribution in [0.5, 0.6) is 5.75 Å². The van der Waals surface area contributed by atoms with Crippen LogP contribution in [0, 0.1) is 19.8 Å². The van der Waals surface area contributed by atoms with Crippen LogP contribution < -0.4 is 15.4 Å². The molecular formula is C20H30N2O3. The lowest BCUT2D eigenvalue weighted by Crippen LogP contribution is -2.53. The van der Waals surface area contributed by atoms with Gasteiger partial charge in [0.1, 0.15) is 12.4 Å². The van der Waals surface area contributed by atoms with Gasteiger partial charge in [-0.1, -0.05) is 26.0 Å². The number of fused-ring (bicyclic) bond motifs is 1. The summed E-state index contributed by atoms with van der Waals surface area (Å²) in [5.74, 6) is 1.22. The molecule has 2 aliphatic heterocycles. The van der Waals surface area contributed by atoms with E-state index >= 15 is 0 Å². The van der Waals surface area contributed by atoms with Gasteiger partial charge in [-0.2, -0.15) is 0 Å². The Labute approximate surface area is 150 Å². The molecule has 1 aromatic rings. The minimum atomic E-state index is -0.196. The number of nitrogens with one attached hydrogen (secondary N) is 2. The largest absolute Gasteiger partial charge is 0.490 e. The van der Waals surface area contributed by atoms with E-state index in [1.165, 1.54) is 5.56 Å². The van der Waals surface area contributed by atoms with Gasteiger partial charge in [-0.05, 0) is 43.7 Å². The summed E-state index contributed by atoms with van der Waals surface area (Å²) in [6.45, 7) is 10.4. The highest BCUT2D eigenvalue weighted by molar-refractivity contribution is 5.82. The Morgan fingerprint density at radius 1 is 1.20 bits per heavy atom. The van der Waals surface area contributed by atoms with Gasteiger partial charge in [0.05, 0.1) is 12.1 Å². The third-order valence-corrected chi connectivity index (χ3v) is 5.38. The zero-order valence-electron chi connectivity index (χ0n) is 15.7. The Hall–Kier alpha value is -1.59. The lowest BCUT2D eigenvalue weighted by Gasteiger charge is -2.30. The molecule has 0 aromatic heterocycles. The van der Waals surface area contributed by atoms with Crippen molar-refractivity contribution in [1.29, 1.82) is 0 Å². The van der Waals surface area contributed by atoms with E-state index in [-0.39, 0.29) is 23.9 Å². The molecule has 0 bridgehead atoms. The van der Waals surface area contributed by atoms with Crippen molar-refractivity contribution in [3.05, 3.63) is 28.8 Å². The van der Waals surface area contributed by atoms with Crippen molar-refractivity contribution in [1.82, 2.24) is 10.6 Å². The van der Waals surface area contributed by atoms with E-state index in [2.05, 4.69) is 50.5 Å². The summed E-state index contributed by atoms with van der Waals surface area (Å²) in [6, 6.07) is 4.26. The Morgan fingerprint density at radius 2 is 1.92 bits per heavy atom. The van der Waals surface area contributed by atoms with Gasteiger partial charge in [-0.3, -0.25) is 4.79 Å². The lowest BCUT2D eigenvalue weighted by molar-refractivity contribution is -0.125. The second kappa shape index (κ2) is 7.75. The maximum absolute atomic E-state index is 12.9. The normalized spacial score (nSPS) is 21.7. The van der Waals surface area contributed by atoms with Crippen LogP contribution in [-0.2, 0) is 9.53 Å². The zero-order valence-corrected chi connectivity index (χ0v) is 15.7. The number of rotatable bonds is 5. The van der Waals surface area contributed by atoms with E-state index in [4.69, 9.17) is 9.47 Å². The van der Waals surface area contributed by atoms with Crippen molar-refractivity contribution in [2.45, 2.75) is 58.7 Å². The monoisotopic (exact) mass is 346 g/mol. The topological polar surface area (TPSA) is 59.6 Å². The summed E-state index contributed by atoms with van der Waals surface area (Å²) in [5, 5.41) is 6.74. The Bertz CT molecular complexity index is 624. The standard InChI is InChI=1S/C20H30N2O3/c1-12(2)18(21-15-7-9-24-10-8-15)20(23)22-17-11-25-19-14(4)13(3)5-6-16(17)19/h5-6,12,15,17-18,21H,7-11H2,1-4H3,(H,22,23)/t17-,18+/m0/s1. The van der Waals surface area contributed by atoms with Gasteiger partial charge in [0.25, 0.3) is 0 Å². The summed E-state index contributed by atoms with van der Waals surface area (Å²) in [5.41, 5.74) is 3.46. The Morgan fingerprint density at radius 3 is 2.60 bits per heavy atom. The van der Waals surface area contributed by atoms with E-state index in [9.17, 15) is 4.79 Å². The quantitative estimate of drug-likeness (QED) is 0.860. The van der Waals surface area contributed by atoms with Gasteiger partial charge in [0.15, 0.2) is 0 Å². The number of carbonyl (C=O) groups excluding carboxylic acids is 1. The highest BCUT2D eigenvalue weighted by Gasteiger charge is 2.32. The van der Waals surface area contributed by atoms with E-state index < -0.39 is 0 Å². The molecule has 1 amide bonds. The van der Waals surface area contributed by atoms with E-state index in [1.807, 2.05) is 0 Å². The molecular weight excluding hydrogens is 316 g/mol. The maximum Gasteiger partial charge on any atom is 0.238 e. The Kier molecular flexibility index (Phi) is 5.64. The summed E-state index contributed by atoms with van der Waals surface area (Å²) < 4.78 is 11.3. The molecule has 0 radical (unpaired) electrons. The SMILES string of the molecule is Cc1ccc2c(c1C)OC[C@@H]2NC(=O)[C@H](NC1CCOCC1)C(C)C. The first kappa shape index (κ1) is 18.2. The van der Waals surface area contributed by atoms with Crippen molar-refractivity contribution in [3.8, 4) is 5.75 Å². The van der Waals surface area contributed by atoms with Gasteiger partial charge in [0, 0.05) is 24.8 Å². The molecule has 1 fully saturated rings. The van der Waals surface area contributed by atoms with E-state index in [1.54, 1.807) is 0 Å². The number of ether oxygens (including phenoxy) is 2. The minimum Gasteiger partial charge on any atom is -0.490 e. The molecule has 3 rings (SSSR count). The number of aryl methyl sites for hydroxylation is 1. The van der Waals surface area contributed by atoms with Crippen molar-refractivity contribution in [2.75, 3.05) is 19.8 Å². The van der Waals surface area contributed by atoms with Crippen LogP contribution in [-0.4, -0.2) is 37.8 Å². The van der Waals surface area contributed by atoms with Crippen LogP contribution in [0.25, 0.3) is 0 Å². The predicted molar refractivity (Wildman–Crippen MR) is 97.9 cm³/mol. The van der Waals surface area contributed by atoms with Crippen LogP contribution in [0.15, 0.2) is 12.1 Å². The van der Waals surface area contributed by atoms with Crippen LogP contribution in [0.4, 0.5) is 0 Å². The smallest absolute Gasteiger partial charge is 0.238 e. The third-order valence-electron chi connectivity index (χ3n) is 5.38. The van der Waals surface area contributed by atoms with Crippen LogP contribution in [0.3, 0.4) is 0 Å². The highest BCUT2D eigenvalue weighted by atomic mass is 16.5. The molecule has 1 saturated heterocycles. The van der Waals surface area contributed by atoms with Gasteiger partial charge < -0.3 is 20.1 Å². The van der Waals surface area contributed by atoms with E-state index in [0.29, 0.717) is 12.6 Å². The first-order valence-corrected chi connectivity index (χ1v) is 9.34.